The molecule has 5 nitrogen and oxygen atoms in total. The van der Waals surface area contributed by atoms with Crippen molar-refractivity contribution in [2.75, 3.05) is 0 Å². The monoisotopic (exact) mass is 294 g/mol. The van der Waals surface area contributed by atoms with Crippen LogP contribution in [0.5, 0.6) is 0 Å². The molecule has 0 radical (unpaired) electrons. The number of aromatic nitrogens is 2. The predicted octanol–water partition coefficient (Wildman–Crippen LogP) is 3.22. The highest BCUT2D eigenvalue weighted by Crippen LogP contribution is 2.10. The summed E-state index contributed by atoms with van der Waals surface area (Å²) in [5.41, 5.74) is 1.87. The topological polar surface area (TPSA) is 57.3 Å². The zero-order chi connectivity index (χ0) is 15.2. The van der Waals surface area contributed by atoms with Crippen molar-refractivity contribution in [3.8, 4) is 5.69 Å². The van der Waals surface area contributed by atoms with Crippen LogP contribution in [0, 0.1) is 0 Å². The van der Waals surface area contributed by atoms with Gasteiger partial charge in [0.15, 0.2) is 0 Å². The van der Waals surface area contributed by atoms with Crippen LogP contribution in [-0.2, 0) is 16.1 Å². The molecule has 1 aromatic carbocycles. The van der Waals surface area contributed by atoms with E-state index in [1.165, 1.54) is 6.08 Å². The van der Waals surface area contributed by atoms with Gasteiger partial charge in [-0.05, 0) is 42.0 Å². The number of furan rings is 1. The van der Waals surface area contributed by atoms with E-state index in [2.05, 4.69) is 5.10 Å². The van der Waals surface area contributed by atoms with Crippen LogP contribution in [0.2, 0.25) is 0 Å². The van der Waals surface area contributed by atoms with Crippen LogP contribution in [0.15, 0.2) is 71.6 Å². The van der Waals surface area contributed by atoms with Crippen LogP contribution in [0.1, 0.15) is 11.3 Å². The predicted molar refractivity (Wildman–Crippen MR) is 81.1 cm³/mol. The van der Waals surface area contributed by atoms with Crippen molar-refractivity contribution >= 4 is 12.0 Å². The Hall–Kier alpha value is -3.08. The zero-order valence-electron chi connectivity index (χ0n) is 11.8. The summed E-state index contributed by atoms with van der Waals surface area (Å²) >= 11 is 0. The Morgan fingerprint density at radius 2 is 2.09 bits per heavy atom. The molecule has 0 fully saturated rings. The van der Waals surface area contributed by atoms with Crippen LogP contribution in [0.3, 0.4) is 0 Å². The quantitative estimate of drug-likeness (QED) is 0.535. The molecule has 3 aromatic rings. The molecule has 0 unspecified atom stereocenters. The van der Waals surface area contributed by atoms with Gasteiger partial charge in [-0.2, -0.15) is 5.10 Å². The number of nitrogens with zero attached hydrogens (tertiary/aromatic N) is 2. The van der Waals surface area contributed by atoms with Crippen molar-refractivity contribution in [3.63, 3.8) is 0 Å². The molecule has 0 N–H and O–H groups in total. The Morgan fingerprint density at radius 3 is 2.77 bits per heavy atom. The van der Waals surface area contributed by atoms with E-state index in [-0.39, 0.29) is 6.61 Å². The molecule has 0 amide bonds. The molecule has 22 heavy (non-hydrogen) atoms. The van der Waals surface area contributed by atoms with E-state index >= 15 is 0 Å². The first-order chi connectivity index (χ1) is 10.8. The largest absolute Gasteiger partial charge is 0.465 e. The average molecular weight is 294 g/mol. The Morgan fingerprint density at radius 1 is 1.23 bits per heavy atom. The Balaban J connectivity index is 1.54. The molecule has 0 aliphatic heterocycles. The molecule has 0 saturated carbocycles. The van der Waals surface area contributed by atoms with Crippen molar-refractivity contribution in [3.05, 3.63) is 78.5 Å². The third-order valence-corrected chi connectivity index (χ3v) is 3.01. The Bertz CT molecular complexity index is 742. The molecule has 0 spiro atoms. The minimum absolute atomic E-state index is 0.223. The lowest BCUT2D eigenvalue weighted by molar-refractivity contribution is -0.138. The van der Waals surface area contributed by atoms with Crippen LogP contribution in [-0.4, -0.2) is 15.7 Å². The maximum absolute atomic E-state index is 11.6. The van der Waals surface area contributed by atoms with Crippen molar-refractivity contribution in [2.24, 2.45) is 0 Å². The first-order valence-corrected chi connectivity index (χ1v) is 6.78. The van der Waals surface area contributed by atoms with Gasteiger partial charge < -0.3 is 9.15 Å². The molecule has 2 heterocycles. The molecule has 0 atom stereocenters. The molecule has 0 aliphatic carbocycles. The van der Waals surface area contributed by atoms with E-state index in [1.807, 2.05) is 36.5 Å². The van der Waals surface area contributed by atoms with Gasteiger partial charge in [-0.3, -0.25) is 0 Å². The second-order valence-electron chi connectivity index (χ2n) is 4.57. The molecular formula is C17H14N2O3. The summed E-state index contributed by atoms with van der Waals surface area (Å²) in [6.07, 6.45) is 8.06. The van der Waals surface area contributed by atoms with E-state index in [9.17, 15) is 4.79 Å². The summed E-state index contributed by atoms with van der Waals surface area (Å²) in [6.45, 7) is 0.223. The van der Waals surface area contributed by atoms with Crippen molar-refractivity contribution in [1.29, 1.82) is 0 Å². The van der Waals surface area contributed by atoms with Crippen LogP contribution in [0.25, 0.3) is 11.8 Å². The number of carbonyl (C=O) groups excluding carboxylic acids is 1. The van der Waals surface area contributed by atoms with Crippen LogP contribution < -0.4 is 0 Å². The van der Waals surface area contributed by atoms with E-state index in [4.69, 9.17) is 9.15 Å². The molecule has 5 heteroatoms. The number of ether oxygens (including phenoxy) is 1. The van der Waals surface area contributed by atoms with Crippen LogP contribution >= 0.6 is 0 Å². The van der Waals surface area contributed by atoms with Gasteiger partial charge in [0.2, 0.25) is 0 Å². The van der Waals surface area contributed by atoms with E-state index < -0.39 is 5.97 Å². The Kier molecular flexibility index (Phi) is 4.15. The van der Waals surface area contributed by atoms with Crippen LogP contribution in [0.4, 0.5) is 0 Å². The van der Waals surface area contributed by atoms with Gasteiger partial charge in [-0.1, -0.05) is 12.1 Å². The smallest absolute Gasteiger partial charge is 0.331 e. The zero-order valence-corrected chi connectivity index (χ0v) is 11.8. The highest BCUT2D eigenvalue weighted by Gasteiger charge is 2.01. The van der Waals surface area contributed by atoms with Gasteiger partial charge in [0, 0.05) is 18.5 Å². The first-order valence-electron chi connectivity index (χ1n) is 6.78. The van der Waals surface area contributed by atoms with Gasteiger partial charge >= 0.3 is 5.97 Å². The lowest BCUT2D eigenvalue weighted by atomic mass is 10.2. The van der Waals surface area contributed by atoms with Gasteiger partial charge in [0.05, 0.1) is 12.0 Å². The molecule has 2 aromatic heterocycles. The lowest BCUT2D eigenvalue weighted by Crippen LogP contribution is -2.01. The average Bonchev–Trinajstić information content (AvgIpc) is 3.24. The number of hydrogen-bond acceptors (Lipinski definition) is 4. The molecule has 3 rings (SSSR count). The van der Waals surface area contributed by atoms with Gasteiger partial charge in [0.25, 0.3) is 0 Å². The second-order valence-corrected chi connectivity index (χ2v) is 4.57. The summed E-state index contributed by atoms with van der Waals surface area (Å²) in [6, 6.07) is 13.0. The molecule has 0 saturated heterocycles. The third kappa shape index (κ3) is 3.52. The summed E-state index contributed by atoms with van der Waals surface area (Å²) in [4.78, 5) is 11.6. The standard InChI is InChI=1S/C17H14N2O3/c20-17(9-8-16-3-1-12-21-16)22-13-14-4-6-15(7-5-14)19-11-2-10-18-19/h1-12H,13H2/b9-8+. The summed E-state index contributed by atoms with van der Waals surface area (Å²) in [5, 5.41) is 4.15. The minimum atomic E-state index is -0.410. The summed E-state index contributed by atoms with van der Waals surface area (Å²) in [5.74, 6) is 0.202. The number of hydrogen-bond donors (Lipinski definition) is 0. The van der Waals surface area contributed by atoms with Gasteiger partial charge in [-0.15, -0.1) is 0 Å². The van der Waals surface area contributed by atoms with Gasteiger partial charge in [0.1, 0.15) is 12.4 Å². The normalized spacial score (nSPS) is 10.9. The highest BCUT2D eigenvalue weighted by molar-refractivity contribution is 5.86. The minimum Gasteiger partial charge on any atom is -0.465 e. The van der Waals surface area contributed by atoms with Crippen molar-refractivity contribution < 1.29 is 13.9 Å². The maximum atomic E-state index is 11.6. The highest BCUT2D eigenvalue weighted by atomic mass is 16.5. The lowest BCUT2D eigenvalue weighted by Gasteiger charge is -2.04. The molecular weight excluding hydrogens is 280 g/mol. The fourth-order valence-electron chi connectivity index (χ4n) is 1.91. The molecule has 110 valence electrons. The molecule has 0 aliphatic rings. The summed E-state index contributed by atoms with van der Waals surface area (Å²) < 4.78 is 12.0. The number of benzene rings is 1. The van der Waals surface area contributed by atoms with Gasteiger partial charge in [-0.25, -0.2) is 9.48 Å². The number of esters is 1. The maximum Gasteiger partial charge on any atom is 0.331 e. The third-order valence-electron chi connectivity index (χ3n) is 3.01. The fraction of sp³-hybridized carbons (Fsp3) is 0.0588. The van der Waals surface area contributed by atoms with Crippen molar-refractivity contribution in [2.45, 2.75) is 6.61 Å². The van der Waals surface area contributed by atoms with E-state index in [0.29, 0.717) is 5.76 Å². The second kappa shape index (κ2) is 6.58. The Labute approximate surface area is 127 Å². The van der Waals surface area contributed by atoms with Crippen molar-refractivity contribution in [1.82, 2.24) is 9.78 Å². The fourth-order valence-corrected chi connectivity index (χ4v) is 1.91. The SMILES string of the molecule is O=C(/C=C/c1ccco1)OCc1ccc(-n2cccn2)cc1. The van der Waals surface area contributed by atoms with E-state index in [1.54, 1.807) is 35.4 Å². The number of carbonyl (C=O) groups is 1. The number of rotatable bonds is 5. The summed E-state index contributed by atoms with van der Waals surface area (Å²) in [7, 11) is 0. The van der Waals surface area contributed by atoms with E-state index in [0.717, 1.165) is 11.3 Å². The molecule has 0 bridgehead atoms. The first kappa shape index (κ1) is 13.9.